The minimum Gasteiger partial charge on any atom is -0.490 e. The Hall–Kier alpha value is -2.60. The van der Waals surface area contributed by atoms with Crippen LogP contribution < -0.4 is 14.8 Å². The van der Waals surface area contributed by atoms with Crippen molar-refractivity contribution in [3.63, 3.8) is 0 Å². The van der Waals surface area contributed by atoms with Gasteiger partial charge in [0.25, 0.3) is 5.91 Å². The molecule has 0 saturated carbocycles. The van der Waals surface area contributed by atoms with E-state index >= 15 is 0 Å². The summed E-state index contributed by atoms with van der Waals surface area (Å²) in [5.74, 6) is -0.661. The quantitative estimate of drug-likeness (QED) is 0.225. The van der Waals surface area contributed by atoms with Crippen LogP contribution in [0.25, 0.3) is 6.08 Å². The fraction of sp³-hybridized carbons (Fsp3) is 0.120. The zero-order valence-corrected chi connectivity index (χ0v) is 22.0. The molecule has 3 rings (SSSR count). The first kappa shape index (κ1) is 25.0. The summed E-state index contributed by atoms with van der Waals surface area (Å²) < 4.78 is 13.7. The van der Waals surface area contributed by atoms with Gasteiger partial charge in [0, 0.05) is 9.13 Å². The Kier molecular flexibility index (Phi) is 9.12. The van der Waals surface area contributed by atoms with Gasteiger partial charge in [-0.25, -0.2) is 4.79 Å². The maximum absolute atomic E-state index is 12.4. The summed E-state index contributed by atoms with van der Waals surface area (Å²) in [6, 6.07) is 19.9. The molecule has 0 unspecified atom stereocenters. The topological polar surface area (TPSA) is 84.9 Å². The van der Waals surface area contributed by atoms with E-state index in [-0.39, 0.29) is 5.70 Å². The molecule has 0 atom stereocenters. The molecule has 3 aromatic carbocycles. The number of carbonyl (C=O) groups excluding carboxylic acids is 1. The number of hydrogen-bond acceptors (Lipinski definition) is 4. The number of halogens is 2. The third-order valence-corrected chi connectivity index (χ3v) is 5.97. The van der Waals surface area contributed by atoms with Gasteiger partial charge in [0.15, 0.2) is 11.5 Å². The molecule has 0 aliphatic rings. The average molecular weight is 669 g/mol. The van der Waals surface area contributed by atoms with E-state index in [4.69, 9.17) is 9.47 Å². The molecule has 2 N–H and O–H groups in total. The summed E-state index contributed by atoms with van der Waals surface area (Å²) >= 11 is 4.38. The number of benzene rings is 3. The first-order valence-corrected chi connectivity index (χ1v) is 12.2. The van der Waals surface area contributed by atoms with Crippen LogP contribution in [-0.2, 0) is 11.4 Å². The van der Waals surface area contributed by atoms with Crippen molar-refractivity contribution in [2.75, 3.05) is 6.61 Å². The van der Waals surface area contributed by atoms with E-state index in [1.807, 2.05) is 31.2 Å². The van der Waals surface area contributed by atoms with Crippen LogP contribution >= 0.6 is 45.2 Å². The van der Waals surface area contributed by atoms with Gasteiger partial charge >= 0.3 is 5.97 Å². The molecule has 0 radical (unpaired) electrons. The van der Waals surface area contributed by atoms with Crippen LogP contribution in [0.1, 0.15) is 28.4 Å². The molecule has 0 aromatic heterocycles. The second-order valence-corrected chi connectivity index (χ2v) is 9.27. The Bertz CT molecular complexity index is 1160. The molecular weight excluding hydrogens is 648 g/mol. The standard InChI is InChI=1S/C25H21I2NO5/c1-2-32-22-14-17(12-20(27)23(22)33-15-16-8-10-19(26)11-9-16)13-21(25(30)31)28-24(29)18-6-4-3-5-7-18/h3-14H,2,15H2,1H3,(H,28,29)(H,30,31). The number of carbonyl (C=O) groups is 2. The van der Waals surface area contributed by atoms with Gasteiger partial charge in [0.2, 0.25) is 0 Å². The van der Waals surface area contributed by atoms with Crippen LogP contribution in [0, 0.1) is 7.14 Å². The molecule has 6 nitrogen and oxygen atoms in total. The fourth-order valence-corrected chi connectivity index (χ4v) is 4.05. The smallest absolute Gasteiger partial charge is 0.352 e. The molecule has 0 spiro atoms. The normalized spacial score (nSPS) is 11.1. The molecule has 8 heteroatoms. The fourth-order valence-electron chi connectivity index (χ4n) is 2.91. The van der Waals surface area contributed by atoms with E-state index in [0.29, 0.717) is 35.8 Å². The summed E-state index contributed by atoms with van der Waals surface area (Å²) in [6.07, 6.45) is 1.40. The molecule has 0 saturated heterocycles. The van der Waals surface area contributed by atoms with Crippen LogP contribution in [0.3, 0.4) is 0 Å². The molecule has 33 heavy (non-hydrogen) atoms. The van der Waals surface area contributed by atoms with Gasteiger partial charge in [-0.05, 0) is 106 Å². The van der Waals surface area contributed by atoms with Gasteiger partial charge < -0.3 is 19.9 Å². The molecule has 170 valence electrons. The minimum atomic E-state index is -1.24. The van der Waals surface area contributed by atoms with E-state index in [1.165, 1.54) is 6.08 Å². The van der Waals surface area contributed by atoms with Gasteiger partial charge in [0.1, 0.15) is 12.3 Å². The molecular formula is C25H21I2NO5. The first-order chi connectivity index (χ1) is 15.9. The predicted molar refractivity (Wildman–Crippen MR) is 143 cm³/mol. The summed E-state index contributed by atoms with van der Waals surface area (Å²) in [4.78, 5) is 24.2. The Morgan fingerprint density at radius 3 is 2.33 bits per heavy atom. The highest BCUT2D eigenvalue weighted by molar-refractivity contribution is 14.1. The van der Waals surface area contributed by atoms with Crippen LogP contribution in [-0.4, -0.2) is 23.6 Å². The van der Waals surface area contributed by atoms with Crippen LogP contribution in [0.4, 0.5) is 0 Å². The van der Waals surface area contributed by atoms with Crippen LogP contribution in [0.5, 0.6) is 11.5 Å². The van der Waals surface area contributed by atoms with Crippen molar-refractivity contribution in [1.82, 2.24) is 5.32 Å². The molecule has 0 aliphatic carbocycles. The third-order valence-electron chi connectivity index (χ3n) is 4.45. The summed E-state index contributed by atoms with van der Waals surface area (Å²) in [7, 11) is 0. The Morgan fingerprint density at radius 2 is 1.70 bits per heavy atom. The lowest BCUT2D eigenvalue weighted by Crippen LogP contribution is -2.27. The summed E-state index contributed by atoms with van der Waals surface area (Å²) in [5, 5.41) is 12.1. The minimum absolute atomic E-state index is 0.241. The highest BCUT2D eigenvalue weighted by atomic mass is 127. The van der Waals surface area contributed by atoms with Gasteiger partial charge in [0.05, 0.1) is 10.2 Å². The number of carboxylic acid groups (broad SMARTS) is 1. The Morgan fingerprint density at radius 1 is 1.00 bits per heavy atom. The van der Waals surface area contributed by atoms with E-state index in [0.717, 1.165) is 12.7 Å². The molecule has 0 bridgehead atoms. The van der Waals surface area contributed by atoms with Crippen molar-refractivity contribution in [3.05, 3.63) is 96.3 Å². The van der Waals surface area contributed by atoms with Crippen LogP contribution in [0.2, 0.25) is 0 Å². The average Bonchev–Trinajstić information content (AvgIpc) is 2.80. The predicted octanol–water partition coefficient (Wildman–Crippen LogP) is 5.73. The lowest BCUT2D eigenvalue weighted by atomic mass is 10.1. The second kappa shape index (κ2) is 12.0. The first-order valence-electron chi connectivity index (χ1n) is 10.0. The number of nitrogens with one attached hydrogen (secondary N) is 1. The molecule has 0 aliphatic heterocycles. The molecule has 1 amide bonds. The number of hydrogen-bond donors (Lipinski definition) is 2. The Labute approximate surface area is 219 Å². The lowest BCUT2D eigenvalue weighted by molar-refractivity contribution is -0.132. The number of rotatable bonds is 9. The highest BCUT2D eigenvalue weighted by Gasteiger charge is 2.16. The van der Waals surface area contributed by atoms with E-state index in [2.05, 4.69) is 50.5 Å². The van der Waals surface area contributed by atoms with Crippen molar-refractivity contribution in [2.45, 2.75) is 13.5 Å². The van der Waals surface area contributed by atoms with E-state index < -0.39 is 11.9 Å². The maximum Gasteiger partial charge on any atom is 0.352 e. The van der Waals surface area contributed by atoms with E-state index in [1.54, 1.807) is 42.5 Å². The third kappa shape index (κ3) is 7.19. The second-order valence-electron chi connectivity index (χ2n) is 6.86. The van der Waals surface area contributed by atoms with E-state index in [9.17, 15) is 14.7 Å². The summed E-state index contributed by atoms with van der Waals surface area (Å²) in [6.45, 7) is 2.65. The van der Waals surface area contributed by atoms with Gasteiger partial charge in [-0.15, -0.1) is 0 Å². The summed E-state index contributed by atoms with van der Waals surface area (Å²) in [5.41, 5.74) is 1.72. The van der Waals surface area contributed by atoms with Crippen molar-refractivity contribution in [3.8, 4) is 11.5 Å². The van der Waals surface area contributed by atoms with Crippen molar-refractivity contribution >= 4 is 63.1 Å². The van der Waals surface area contributed by atoms with Gasteiger partial charge in [-0.2, -0.15) is 0 Å². The highest BCUT2D eigenvalue weighted by Crippen LogP contribution is 2.35. The lowest BCUT2D eigenvalue weighted by Gasteiger charge is -2.15. The molecule has 0 fully saturated rings. The SMILES string of the molecule is CCOc1cc(C=C(NC(=O)c2ccccc2)C(=O)O)cc(I)c1OCc1ccc(I)cc1. The number of ether oxygens (including phenoxy) is 2. The number of amides is 1. The zero-order valence-electron chi connectivity index (χ0n) is 17.7. The zero-order chi connectivity index (χ0) is 23.8. The maximum atomic E-state index is 12.4. The van der Waals surface area contributed by atoms with Gasteiger partial charge in [-0.1, -0.05) is 30.3 Å². The number of carboxylic acids is 1. The Balaban J connectivity index is 1.86. The van der Waals surface area contributed by atoms with Gasteiger partial charge in [-0.3, -0.25) is 4.79 Å². The molecule has 0 heterocycles. The van der Waals surface area contributed by atoms with Crippen LogP contribution in [0.15, 0.2) is 72.4 Å². The molecule has 3 aromatic rings. The number of aliphatic carboxylic acids is 1. The van der Waals surface area contributed by atoms with Crippen molar-refractivity contribution in [2.24, 2.45) is 0 Å². The monoisotopic (exact) mass is 669 g/mol. The van der Waals surface area contributed by atoms with Crippen molar-refractivity contribution in [1.29, 1.82) is 0 Å². The largest absolute Gasteiger partial charge is 0.490 e. The van der Waals surface area contributed by atoms with Crippen molar-refractivity contribution < 1.29 is 24.2 Å².